The Bertz CT molecular complexity index is 983. The van der Waals surface area contributed by atoms with Crippen LogP contribution < -0.4 is 5.32 Å². The molecule has 0 unspecified atom stereocenters. The summed E-state index contributed by atoms with van der Waals surface area (Å²) in [6.07, 6.45) is -1.96. The Morgan fingerprint density at radius 1 is 1.11 bits per heavy atom. The summed E-state index contributed by atoms with van der Waals surface area (Å²) in [6, 6.07) is 11.2. The molecule has 1 aliphatic rings. The predicted octanol–water partition coefficient (Wildman–Crippen LogP) is 5.16. The van der Waals surface area contributed by atoms with Crippen molar-refractivity contribution in [1.29, 1.82) is 0 Å². The quantitative estimate of drug-likeness (QED) is 0.635. The number of nitrogens with one attached hydrogen (secondary N) is 1. The van der Waals surface area contributed by atoms with E-state index in [-0.39, 0.29) is 11.1 Å². The highest BCUT2D eigenvalue weighted by molar-refractivity contribution is 6.31. The van der Waals surface area contributed by atoms with E-state index in [9.17, 15) is 13.2 Å². The van der Waals surface area contributed by atoms with Crippen LogP contribution in [0.15, 0.2) is 48.8 Å². The number of hydrogen-bond donors (Lipinski definition) is 1. The van der Waals surface area contributed by atoms with E-state index < -0.39 is 11.7 Å². The lowest BCUT2D eigenvalue weighted by atomic mass is 10.0. The molecule has 4 nitrogen and oxygen atoms in total. The molecule has 0 bridgehead atoms. The molecule has 1 fully saturated rings. The number of rotatable bonds is 5. The molecule has 1 atom stereocenters. The van der Waals surface area contributed by atoms with Gasteiger partial charge in [-0.15, -0.1) is 0 Å². The number of aromatic nitrogens is 2. The van der Waals surface area contributed by atoms with Crippen LogP contribution in [0.2, 0.25) is 5.02 Å². The van der Waals surface area contributed by atoms with E-state index in [0.29, 0.717) is 17.9 Å². The predicted molar refractivity (Wildman–Crippen MR) is 103 cm³/mol. The van der Waals surface area contributed by atoms with Crippen LogP contribution in [-0.4, -0.2) is 34.5 Å². The van der Waals surface area contributed by atoms with Crippen LogP contribution in [0, 0.1) is 0 Å². The third-order valence-corrected chi connectivity index (χ3v) is 5.27. The van der Waals surface area contributed by atoms with Crippen molar-refractivity contribution >= 4 is 28.3 Å². The molecule has 3 aromatic rings. The van der Waals surface area contributed by atoms with Crippen molar-refractivity contribution in [3.8, 4) is 0 Å². The molecule has 1 aromatic heterocycles. The second-order valence-corrected chi connectivity index (χ2v) is 7.23. The molecule has 0 spiro atoms. The molecule has 0 amide bonds. The third-order valence-electron chi connectivity index (χ3n) is 4.94. The van der Waals surface area contributed by atoms with Crippen LogP contribution >= 0.6 is 11.6 Å². The number of fused-ring (bicyclic) bond motifs is 1. The van der Waals surface area contributed by atoms with Crippen molar-refractivity contribution < 1.29 is 13.2 Å². The van der Waals surface area contributed by atoms with E-state index in [1.165, 1.54) is 12.4 Å². The average molecular weight is 407 g/mol. The number of anilines is 1. The van der Waals surface area contributed by atoms with Crippen molar-refractivity contribution in [1.82, 2.24) is 14.9 Å². The zero-order valence-corrected chi connectivity index (χ0v) is 15.6. The first kappa shape index (κ1) is 19.0. The minimum atomic E-state index is -4.50. The zero-order chi connectivity index (χ0) is 19.7. The Labute approximate surface area is 165 Å². The van der Waals surface area contributed by atoms with Gasteiger partial charge in [-0.2, -0.15) is 13.2 Å². The number of nitrogens with zero attached hydrogens (tertiary/aromatic N) is 3. The molecule has 2 aromatic carbocycles. The van der Waals surface area contributed by atoms with Crippen molar-refractivity contribution in [2.75, 3.05) is 25.0 Å². The fourth-order valence-electron chi connectivity index (χ4n) is 3.32. The van der Waals surface area contributed by atoms with Crippen LogP contribution in [-0.2, 0) is 6.18 Å². The molecule has 8 heteroatoms. The maximum atomic E-state index is 13.3. The van der Waals surface area contributed by atoms with Gasteiger partial charge in [-0.25, -0.2) is 9.97 Å². The molecule has 0 saturated carbocycles. The van der Waals surface area contributed by atoms with Gasteiger partial charge in [0.2, 0.25) is 0 Å². The Balaban J connectivity index is 1.71. The van der Waals surface area contributed by atoms with Gasteiger partial charge in [0, 0.05) is 11.9 Å². The zero-order valence-electron chi connectivity index (χ0n) is 14.9. The maximum Gasteiger partial charge on any atom is 0.417 e. The first-order valence-corrected chi connectivity index (χ1v) is 9.35. The molecule has 4 rings (SSSR count). The molecular formula is C20H18ClF3N4. The molecule has 146 valence electrons. The molecule has 2 heterocycles. The van der Waals surface area contributed by atoms with Crippen molar-refractivity contribution in [2.24, 2.45) is 0 Å². The Kier molecular flexibility index (Phi) is 5.12. The summed E-state index contributed by atoms with van der Waals surface area (Å²) in [6.45, 7) is 2.45. The van der Waals surface area contributed by atoms with Crippen LogP contribution in [0.3, 0.4) is 0 Å². The van der Waals surface area contributed by atoms with E-state index in [0.717, 1.165) is 36.5 Å². The molecule has 0 radical (unpaired) electrons. The van der Waals surface area contributed by atoms with Gasteiger partial charge in [0.05, 0.1) is 22.1 Å². The number of alkyl halides is 3. The van der Waals surface area contributed by atoms with Gasteiger partial charge in [0.25, 0.3) is 0 Å². The lowest BCUT2D eigenvalue weighted by Crippen LogP contribution is -2.41. The Hall–Kier alpha value is -2.38. The summed E-state index contributed by atoms with van der Waals surface area (Å²) in [7, 11) is 0. The number of likely N-dealkylation sites (tertiary alicyclic amines) is 1. The Morgan fingerprint density at radius 2 is 1.89 bits per heavy atom. The minimum Gasteiger partial charge on any atom is -0.361 e. The summed E-state index contributed by atoms with van der Waals surface area (Å²) >= 11 is 5.80. The smallest absolute Gasteiger partial charge is 0.361 e. The van der Waals surface area contributed by atoms with E-state index >= 15 is 0 Å². The van der Waals surface area contributed by atoms with Crippen molar-refractivity contribution in [3.63, 3.8) is 0 Å². The molecule has 1 N–H and O–H groups in total. The first-order valence-electron chi connectivity index (χ1n) is 8.97. The standard InChI is InChI=1S/C20H18ClF3N4/c21-16-7-6-13(10-15(16)20(22,23)24)18(11-28-8-3-9-28)27-19-14-4-1-2-5-17(14)25-12-26-19/h1-2,4-7,10,12,18H,3,8-9,11H2,(H,25,26,27)/t18-/m1/s1. The van der Waals surface area contributed by atoms with Crippen molar-refractivity contribution in [3.05, 3.63) is 64.9 Å². The van der Waals surface area contributed by atoms with Crippen molar-refractivity contribution in [2.45, 2.75) is 18.6 Å². The topological polar surface area (TPSA) is 41.0 Å². The fourth-order valence-corrected chi connectivity index (χ4v) is 3.54. The van der Waals surface area contributed by atoms with Crippen LogP contribution in [0.5, 0.6) is 0 Å². The van der Waals surface area contributed by atoms with E-state index in [4.69, 9.17) is 11.6 Å². The lowest BCUT2D eigenvalue weighted by Gasteiger charge is -2.35. The summed E-state index contributed by atoms with van der Waals surface area (Å²) in [4.78, 5) is 10.8. The van der Waals surface area contributed by atoms with Gasteiger partial charge in [-0.1, -0.05) is 29.8 Å². The van der Waals surface area contributed by atoms with Gasteiger partial charge in [-0.3, -0.25) is 0 Å². The van der Waals surface area contributed by atoms with Gasteiger partial charge >= 0.3 is 6.18 Å². The largest absolute Gasteiger partial charge is 0.417 e. The van der Waals surface area contributed by atoms with E-state index in [1.54, 1.807) is 6.07 Å². The van der Waals surface area contributed by atoms with Gasteiger partial charge in [0.1, 0.15) is 12.1 Å². The minimum absolute atomic E-state index is 0.300. The van der Waals surface area contributed by atoms with Gasteiger partial charge in [-0.05, 0) is 49.3 Å². The molecule has 1 aliphatic heterocycles. The maximum absolute atomic E-state index is 13.3. The highest BCUT2D eigenvalue weighted by atomic mass is 35.5. The van der Waals surface area contributed by atoms with Gasteiger partial charge in [0.15, 0.2) is 0 Å². The number of halogens is 4. The third kappa shape index (κ3) is 3.91. The second kappa shape index (κ2) is 7.56. The second-order valence-electron chi connectivity index (χ2n) is 6.83. The van der Waals surface area contributed by atoms with E-state index in [1.807, 2.05) is 24.3 Å². The summed E-state index contributed by atoms with van der Waals surface area (Å²) < 4.78 is 40.0. The average Bonchev–Trinajstić information content (AvgIpc) is 2.63. The highest BCUT2D eigenvalue weighted by Crippen LogP contribution is 2.37. The number of para-hydroxylation sites is 1. The Morgan fingerprint density at radius 3 is 2.61 bits per heavy atom. The SMILES string of the molecule is FC(F)(F)c1cc([C@@H](CN2CCC2)Nc2ncnc3ccccc23)ccc1Cl. The first-order chi connectivity index (χ1) is 13.4. The monoisotopic (exact) mass is 406 g/mol. The number of benzene rings is 2. The van der Waals surface area contributed by atoms with E-state index in [2.05, 4.69) is 20.2 Å². The molecular weight excluding hydrogens is 389 g/mol. The van der Waals surface area contributed by atoms with Gasteiger partial charge < -0.3 is 10.2 Å². The lowest BCUT2D eigenvalue weighted by molar-refractivity contribution is -0.137. The van der Waals surface area contributed by atoms with Crippen LogP contribution in [0.4, 0.5) is 19.0 Å². The highest BCUT2D eigenvalue weighted by Gasteiger charge is 2.34. The summed E-state index contributed by atoms with van der Waals surface area (Å²) in [5.41, 5.74) is 0.468. The van der Waals surface area contributed by atoms with Crippen LogP contribution in [0.1, 0.15) is 23.6 Å². The normalized spacial score (nSPS) is 16.0. The summed E-state index contributed by atoms with van der Waals surface area (Å²) in [5.74, 6) is 0.597. The number of hydrogen-bond acceptors (Lipinski definition) is 4. The fraction of sp³-hybridized carbons (Fsp3) is 0.300. The molecule has 28 heavy (non-hydrogen) atoms. The summed E-state index contributed by atoms with van der Waals surface area (Å²) in [5, 5.41) is 3.86. The molecule has 0 aliphatic carbocycles. The van der Waals surface area contributed by atoms with Crippen LogP contribution in [0.25, 0.3) is 10.9 Å². The molecule has 1 saturated heterocycles.